The second kappa shape index (κ2) is 4.42. The number of para-hydroxylation sites is 2. The summed E-state index contributed by atoms with van der Waals surface area (Å²) in [5.41, 5.74) is 1.98. The van der Waals surface area contributed by atoms with E-state index in [0.29, 0.717) is 13.2 Å². The van der Waals surface area contributed by atoms with Gasteiger partial charge in [-0.25, -0.2) is 4.98 Å². The van der Waals surface area contributed by atoms with Crippen molar-refractivity contribution in [3.63, 3.8) is 0 Å². The summed E-state index contributed by atoms with van der Waals surface area (Å²) in [6.07, 6.45) is 1.25. The predicted octanol–water partition coefficient (Wildman–Crippen LogP) is 1.04. The Balaban J connectivity index is 2.21. The molecule has 1 unspecified atom stereocenters. The van der Waals surface area contributed by atoms with Gasteiger partial charge in [0.2, 0.25) is 0 Å². The zero-order valence-electron chi connectivity index (χ0n) is 8.63. The predicted molar refractivity (Wildman–Crippen MR) is 57.6 cm³/mol. The molecule has 1 N–H and O–H groups in total. The van der Waals surface area contributed by atoms with Crippen molar-refractivity contribution in [3.8, 4) is 0 Å². The van der Waals surface area contributed by atoms with Crippen LogP contribution in [-0.4, -0.2) is 34.5 Å². The number of aromatic nitrogens is 2. The van der Waals surface area contributed by atoms with Crippen LogP contribution in [0.25, 0.3) is 11.0 Å². The standard InChI is InChI=1S/C11H14N2O2/c1-15-7-9(14)6-13-8-12-10-4-2-3-5-11(10)13/h2-5,8-9,14H,6-7H2,1H3. The molecule has 0 aliphatic carbocycles. The van der Waals surface area contributed by atoms with Gasteiger partial charge in [0.1, 0.15) is 0 Å². The summed E-state index contributed by atoms with van der Waals surface area (Å²) in [6, 6.07) is 7.85. The van der Waals surface area contributed by atoms with Crippen molar-refractivity contribution in [2.45, 2.75) is 12.6 Å². The normalized spacial score (nSPS) is 13.2. The number of methoxy groups -OCH3 is 1. The molecule has 4 nitrogen and oxygen atoms in total. The maximum atomic E-state index is 9.61. The van der Waals surface area contributed by atoms with Crippen molar-refractivity contribution < 1.29 is 9.84 Å². The van der Waals surface area contributed by atoms with Gasteiger partial charge >= 0.3 is 0 Å². The van der Waals surface area contributed by atoms with Crippen LogP contribution < -0.4 is 0 Å². The third kappa shape index (κ3) is 2.16. The second-order valence-corrected chi connectivity index (χ2v) is 3.49. The highest BCUT2D eigenvalue weighted by Crippen LogP contribution is 2.12. The Morgan fingerprint density at radius 1 is 1.47 bits per heavy atom. The van der Waals surface area contributed by atoms with E-state index in [0.717, 1.165) is 11.0 Å². The highest BCUT2D eigenvalue weighted by atomic mass is 16.5. The molecular weight excluding hydrogens is 192 g/mol. The third-order valence-electron chi connectivity index (χ3n) is 2.29. The summed E-state index contributed by atoms with van der Waals surface area (Å²) in [7, 11) is 1.58. The van der Waals surface area contributed by atoms with Gasteiger partial charge in [-0.1, -0.05) is 12.1 Å². The summed E-state index contributed by atoms with van der Waals surface area (Å²) in [5.74, 6) is 0. The molecule has 2 rings (SSSR count). The number of hydrogen-bond acceptors (Lipinski definition) is 3. The van der Waals surface area contributed by atoms with Crippen molar-refractivity contribution in [2.24, 2.45) is 0 Å². The van der Waals surface area contributed by atoms with Crippen molar-refractivity contribution in [3.05, 3.63) is 30.6 Å². The molecule has 0 bridgehead atoms. The molecule has 0 spiro atoms. The zero-order valence-corrected chi connectivity index (χ0v) is 8.63. The number of rotatable bonds is 4. The molecular formula is C11H14N2O2. The summed E-state index contributed by atoms with van der Waals surface area (Å²) in [5, 5.41) is 9.61. The molecule has 4 heteroatoms. The first-order valence-electron chi connectivity index (χ1n) is 4.88. The maximum Gasteiger partial charge on any atom is 0.0959 e. The number of imidazole rings is 1. The smallest absolute Gasteiger partial charge is 0.0959 e. The van der Waals surface area contributed by atoms with Crippen LogP contribution in [-0.2, 0) is 11.3 Å². The molecule has 1 heterocycles. The first-order valence-corrected chi connectivity index (χ1v) is 4.88. The number of benzene rings is 1. The lowest BCUT2D eigenvalue weighted by atomic mass is 10.3. The lowest BCUT2D eigenvalue weighted by Crippen LogP contribution is -2.20. The van der Waals surface area contributed by atoms with E-state index in [4.69, 9.17) is 4.74 Å². The van der Waals surface area contributed by atoms with Crippen LogP contribution in [0.1, 0.15) is 0 Å². The minimum absolute atomic E-state index is 0.340. The Bertz CT molecular complexity index is 439. The van der Waals surface area contributed by atoms with Crippen LogP contribution in [0, 0.1) is 0 Å². The fourth-order valence-electron chi connectivity index (χ4n) is 1.63. The van der Waals surface area contributed by atoms with Gasteiger partial charge in [-0.15, -0.1) is 0 Å². The Labute approximate surface area is 88.1 Å². The van der Waals surface area contributed by atoms with E-state index in [-0.39, 0.29) is 0 Å². The molecule has 0 radical (unpaired) electrons. The van der Waals surface area contributed by atoms with Crippen LogP contribution in [0.2, 0.25) is 0 Å². The monoisotopic (exact) mass is 206 g/mol. The van der Waals surface area contributed by atoms with E-state index >= 15 is 0 Å². The highest BCUT2D eigenvalue weighted by molar-refractivity contribution is 5.74. The van der Waals surface area contributed by atoms with Gasteiger partial charge in [-0.3, -0.25) is 0 Å². The molecule has 0 amide bonds. The Kier molecular flexibility index (Phi) is 2.99. The van der Waals surface area contributed by atoms with Gasteiger partial charge in [0.25, 0.3) is 0 Å². The summed E-state index contributed by atoms with van der Waals surface area (Å²) in [6.45, 7) is 0.848. The first-order chi connectivity index (χ1) is 7.31. The van der Waals surface area contributed by atoms with Crippen molar-refractivity contribution in [1.82, 2.24) is 9.55 Å². The van der Waals surface area contributed by atoms with Crippen LogP contribution in [0.15, 0.2) is 30.6 Å². The summed E-state index contributed by atoms with van der Waals surface area (Å²) < 4.78 is 6.81. The molecule has 1 atom stereocenters. The van der Waals surface area contributed by atoms with Gasteiger partial charge < -0.3 is 14.4 Å². The van der Waals surface area contributed by atoms with Crippen molar-refractivity contribution in [1.29, 1.82) is 0 Å². The Morgan fingerprint density at radius 2 is 2.27 bits per heavy atom. The van der Waals surface area contributed by atoms with Gasteiger partial charge in [0, 0.05) is 7.11 Å². The molecule has 0 aliphatic rings. The lowest BCUT2D eigenvalue weighted by molar-refractivity contribution is 0.0544. The number of ether oxygens (including phenoxy) is 1. The summed E-state index contributed by atoms with van der Waals surface area (Å²) >= 11 is 0. The molecule has 2 aromatic rings. The number of aliphatic hydroxyl groups is 1. The van der Waals surface area contributed by atoms with Gasteiger partial charge in [0.05, 0.1) is 36.6 Å². The molecule has 0 saturated heterocycles. The average Bonchev–Trinajstić information content (AvgIpc) is 2.62. The second-order valence-electron chi connectivity index (χ2n) is 3.49. The van der Waals surface area contributed by atoms with Crippen LogP contribution in [0.4, 0.5) is 0 Å². The Hall–Kier alpha value is -1.39. The van der Waals surface area contributed by atoms with Gasteiger partial charge in [0.15, 0.2) is 0 Å². The Morgan fingerprint density at radius 3 is 3.07 bits per heavy atom. The maximum absolute atomic E-state index is 9.61. The minimum Gasteiger partial charge on any atom is -0.389 e. The van der Waals surface area contributed by atoms with E-state index in [1.54, 1.807) is 13.4 Å². The van der Waals surface area contributed by atoms with E-state index in [1.807, 2.05) is 28.8 Å². The largest absolute Gasteiger partial charge is 0.389 e. The fourth-order valence-corrected chi connectivity index (χ4v) is 1.63. The van der Waals surface area contributed by atoms with E-state index in [2.05, 4.69) is 4.98 Å². The minimum atomic E-state index is -0.493. The van der Waals surface area contributed by atoms with Crippen molar-refractivity contribution in [2.75, 3.05) is 13.7 Å². The van der Waals surface area contributed by atoms with Gasteiger partial charge in [-0.05, 0) is 12.1 Å². The molecule has 1 aromatic carbocycles. The average molecular weight is 206 g/mol. The SMILES string of the molecule is COCC(O)Cn1cnc2ccccc21. The van der Waals surface area contributed by atoms with E-state index < -0.39 is 6.10 Å². The summed E-state index contributed by atoms with van der Waals surface area (Å²) in [4.78, 5) is 4.24. The molecule has 1 aromatic heterocycles. The van der Waals surface area contributed by atoms with Crippen LogP contribution in [0.3, 0.4) is 0 Å². The molecule has 0 aliphatic heterocycles. The number of fused-ring (bicyclic) bond motifs is 1. The van der Waals surface area contributed by atoms with Gasteiger partial charge in [-0.2, -0.15) is 0 Å². The van der Waals surface area contributed by atoms with Crippen molar-refractivity contribution >= 4 is 11.0 Å². The zero-order chi connectivity index (χ0) is 10.7. The highest BCUT2D eigenvalue weighted by Gasteiger charge is 2.07. The first kappa shape index (κ1) is 10.1. The third-order valence-corrected chi connectivity index (χ3v) is 2.29. The number of nitrogens with zero attached hydrogens (tertiary/aromatic N) is 2. The molecule has 15 heavy (non-hydrogen) atoms. The van der Waals surface area contributed by atoms with Crippen LogP contribution >= 0.6 is 0 Å². The molecule has 0 fully saturated rings. The number of hydrogen-bond donors (Lipinski definition) is 1. The molecule has 0 saturated carbocycles. The van der Waals surface area contributed by atoms with E-state index in [1.165, 1.54) is 0 Å². The van der Waals surface area contributed by atoms with E-state index in [9.17, 15) is 5.11 Å². The van der Waals surface area contributed by atoms with Crippen LogP contribution in [0.5, 0.6) is 0 Å². The topological polar surface area (TPSA) is 47.3 Å². The lowest BCUT2D eigenvalue weighted by Gasteiger charge is -2.10. The fraction of sp³-hybridized carbons (Fsp3) is 0.364. The molecule has 80 valence electrons. The quantitative estimate of drug-likeness (QED) is 0.813. The number of aliphatic hydroxyl groups excluding tert-OH is 1.